The molecule has 0 saturated carbocycles. The summed E-state index contributed by atoms with van der Waals surface area (Å²) >= 11 is 0. The van der Waals surface area contributed by atoms with Crippen LogP contribution in [-0.4, -0.2) is 64.1 Å². The molecule has 30 heavy (non-hydrogen) atoms. The smallest absolute Gasteiger partial charge is 0.322 e. The third kappa shape index (κ3) is 6.18. The number of rotatable bonds is 9. The number of nitrogens with one attached hydrogen (secondary N) is 3. The largest absolute Gasteiger partial charge is 0.508 e. The van der Waals surface area contributed by atoms with Crippen molar-refractivity contribution in [3.63, 3.8) is 0 Å². The van der Waals surface area contributed by atoms with Gasteiger partial charge in [-0.25, -0.2) is 5.43 Å². The number of carbonyl (C=O) groups is 4. The van der Waals surface area contributed by atoms with Gasteiger partial charge in [-0.15, -0.1) is 0 Å². The van der Waals surface area contributed by atoms with E-state index < -0.39 is 35.9 Å². The molecule has 1 fully saturated rings. The maximum absolute atomic E-state index is 13.1. The summed E-state index contributed by atoms with van der Waals surface area (Å²) in [6, 6.07) is 3.57. The van der Waals surface area contributed by atoms with Crippen LogP contribution in [0.25, 0.3) is 0 Å². The zero-order valence-electron chi connectivity index (χ0n) is 17.0. The predicted octanol–water partition coefficient (Wildman–Crippen LogP) is -0.230. The first-order valence-electron chi connectivity index (χ1n) is 9.81. The van der Waals surface area contributed by atoms with Crippen LogP contribution in [-0.2, 0) is 25.6 Å². The maximum atomic E-state index is 13.1. The molecule has 0 aliphatic carbocycles. The Morgan fingerprint density at radius 3 is 2.67 bits per heavy atom. The molecule has 1 heterocycles. The molecule has 0 radical (unpaired) electrons. The van der Waals surface area contributed by atoms with Gasteiger partial charge in [-0.1, -0.05) is 26.0 Å². The van der Waals surface area contributed by atoms with Gasteiger partial charge in [-0.05, 0) is 36.5 Å². The predicted molar refractivity (Wildman–Crippen MR) is 107 cm³/mol. The van der Waals surface area contributed by atoms with Gasteiger partial charge in [0.15, 0.2) is 0 Å². The van der Waals surface area contributed by atoms with Gasteiger partial charge in [0.25, 0.3) is 5.91 Å². The van der Waals surface area contributed by atoms with E-state index in [1.165, 1.54) is 17.1 Å². The van der Waals surface area contributed by atoms with E-state index in [1.807, 2.05) is 0 Å². The van der Waals surface area contributed by atoms with E-state index in [-0.39, 0.29) is 18.1 Å². The molecular formula is C20H28N4O6. The molecule has 1 aliphatic rings. The normalized spacial score (nSPS) is 18.4. The van der Waals surface area contributed by atoms with Gasteiger partial charge in [0.05, 0.1) is 0 Å². The molecule has 3 atom stereocenters. The van der Waals surface area contributed by atoms with E-state index in [4.69, 9.17) is 0 Å². The molecule has 1 aliphatic heterocycles. The molecule has 164 valence electrons. The molecule has 3 amide bonds. The van der Waals surface area contributed by atoms with Crippen LogP contribution in [0.4, 0.5) is 0 Å². The number of nitrogens with zero attached hydrogens (tertiary/aromatic N) is 1. The Bertz CT molecular complexity index is 784. The highest BCUT2D eigenvalue weighted by molar-refractivity contribution is 5.91. The summed E-state index contributed by atoms with van der Waals surface area (Å²) in [7, 11) is 0. The molecule has 1 saturated heterocycles. The molecule has 1 unspecified atom stereocenters. The highest BCUT2D eigenvalue weighted by atomic mass is 16.4. The summed E-state index contributed by atoms with van der Waals surface area (Å²) in [6.07, 6.45) is 1.41. The minimum atomic E-state index is -1.06. The lowest BCUT2D eigenvalue weighted by Gasteiger charge is -2.35. The molecule has 0 spiro atoms. The molecule has 0 bridgehead atoms. The van der Waals surface area contributed by atoms with Gasteiger partial charge >= 0.3 is 5.97 Å². The molecule has 0 aromatic heterocycles. The highest BCUT2D eigenvalue weighted by Gasteiger charge is 2.34. The standard InChI is InChI=1S/C20H28N4O6/c1-12(2)17(21-11-25)18(27)22-16(10-13-5-3-6-14(26)9-13)19(28)24-8-4-7-15(23-24)20(29)30/h3,5-6,9,11-12,15-17,23,26H,4,7-8,10H2,1-2H3,(H,21,25)(H,22,27)(H,29,30)/t15?,16-,17-/m0/s1. The third-order valence-corrected chi connectivity index (χ3v) is 4.91. The highest BCUT2D eigenvalue weighted by Crippen LogP contribution is 2.15. The number of benzene rings is 1. The number of aromatic hydroxyl groups is 1. The van der Waals surface area contributed by atoms with Gasteiger partial charge in [0, 0.05) is 13.0 Å². The molecule has 1 aromatic rings. The lowest BCUT2D eigenvalue weighted by molar-refractivity contribution is -0.148. The molecule has 5 N–H and O–H groups in total. The van der Waals surface area contributed by atoms with Crippen LogP contribution in [0.2, 0.25) is 0 Å². The van der Waals surface area contributed by atoms with Gasteiger partial charge in [-0.3, -0.25) is 24.2 Å². The second-order valence-electron chi connectivity index (χ2n) is 7.59. The molecule has 10 nitrogen and oxygen atoms in total. The van der Waals surface area contributed by atoms with Crippen LogP contribution in [0.15, 0.2) is 24.3 Å². The molecule has 1 aromatic carbocycles. The molecular weight excluding hydrogens is 392 g/mol. The number of hydrazine groups is 1. The van der Waals surface area contributed by atoms with E-state index >= 15 is 0 Å². The number of hydrogen-bond donors (Lipinski definition) is 5. The summed E-state index contributed by atoms with van der Waals surface area (Å²) in [5.74, 6) is -2.27. The van der Waals surface area contributed by atoms with Gasteiger partial charge in [-0.2, -0.15) is 0 Å². The van der Waals surface area contributed by atoms with E-state index in [1.54, 1.807) is 26.0 Å². The van der Waals surface area contributed by atoms with E-state index in [0.717, 1.165) is 0 Å². The average Bonchev–Trinajstić information content (AvgIpc) is 2.70. The zero-order chi connectivity index (χ0) is 22.3. The number of hydrogen-bond acceptors (Lipinski definition) is 6. The van der Waals surface area contributed by atoms with E-state index in [0.29, 0.717) is 31.4 Å². The van der Waals surface area contributed by atoms with Crippen LogP contribution < -0.4 is 16.1 Å². The van der Waals surface area contributed by atoms with Crippen molar-refractivity contribution >= 4 is 24.2 Å². The summed E-state index contributed by atoms with van der Waals surface area (Å²) in [5.41, 5.74) is 3.31. The van der Waals surface area contributed by atoms with Gasteiger partial charge in [0.2, 0.25) is 12.3 Å². The number of aliphatic carboxylic acids is 1. The van der Waals surface area contributed by atoms with Crippen LogP contribution in [0.3, 0.4) is 0 Å². The first-order chi connectivity index (χ1) is 14.2. The third-order valence-electron chi connectivity index (χ3n) is 4.91. The quantitative estimate of drug-likeness (QED) is 0.347. The van der Waals surface area contributed by atoms with Crippen molar-refractivity contribution in [1.29, 1.82) is 0 Å². The Morgan fingerprint density at radius 1 is 1.33 bits per heavy atom. The number of carbonyl (C=O) groups excluding carboxylic acids is 3. The van der Waals surface area contributed by atoms with Crippen molar-refractivity contribution in [2.75, 3.05) is 6.54 Å². The second kappa shape index (κ2) is 10.6. The number of phenolic OH excluding ortho intramolecular Hbond substituents is 1. The van der Waals surface area contributed by atoms with Crippen molar-refractivity contribution < 1.29 is 29.4 Å². The van der Waals surface area contributed by atoms with Gasteiger partial charge < -0.3 is 20.8 Å². The Kier molecular flexibility index (Phi) is 8.16. The van der Waals surface area contributed by atoms with Crippen molar-refractivity contribution in [2.24, 2.45) is 5.92 Å². The van der Waals surface area contributed by atoms with Crippen molar-refractivity contribution in [2.45, 2.75) is 51.2 Å². The first-order valence-corrected chi connectivity index (χ1v) is 9.81. The fourth-order valence-corrected chi connectivity index (χ4v) is 3.34. The number of amides is 3. The number of carboxylic acids is 1. The van der Waals surface area contributed by atoms with Crippen molar-refractivity contribution in [1.82, 2.24) is 21.1 Å². The maximum Gasteiger partial charge on any atom is 0.322 e. The summed E-state index contributed by atoms with van der Waals surface area (Å²) in [4.78, 5) is 48.0. The Labute approximate surface area is 174 Å². The van der Waals surface area contributed by atoms with Crippen LogP contribution in [0, 0.1) is 5.92 Å². The van der Waals surface area contributed by atoms with Crippen molar-refractivity contribution in [3.8, 4) is 5.75 Å². The van der Waals surface area contributed by atoms with E-state index in [2.05, 4.69) is 16.1 Å². The molecule has 10 heteroatoms. The average molecular weight is 420 g/mol. The van der Waals surface area contributed by atoms with Gasteiger partial charge in [0.1, 0.15) is 23.9 Å². The topological polar surface area (TPSA) is 148 Å². The Hall–Kier alpha value is -3.14. The monoisotopic (exact) mass is 420 g/mol. The van der Waals surface area contributed by atoms with Crippen molar-refractivity contribution in [3.05, 3.63) is 29.8 Å². The first kappa shape index (κ1) is 23.1. The Balaban J connectivity index is 2.23. The fourth-order valence-electron chi connectivity index (χ4n) is 3.34. The molecule has 2 rings (SSSR count). The summed E-state index contributed by atoms with van der Waals surface area (Å²) in [6.45, 7) is 3.82. The van der Waals surface area contributed by atoms with Crippen LogP contribution >= 0.6 is 0 Å². The summed E-state index contributed by atoms with van der Waals surface area (Å²) in [5, 5.41) is 25.3. The Morgan fingerprint density at radius 2 is 2.07 bits per heavy atom. The lowest BCUT2D eigenvalue weighted by atomic mass is 10.0. The zero-order valence-corrected chi connectivity index (χ0v) is 17.0. The van der Waals surface area contributed by atoms with Crippen LogP contribution in [0.1, 0.15) is 32.3 Å². The minimum absolute atomic E-state index is 0.0229. The SMILES string of the molecule is CC(C)[C@H](NC=O)C(=O)N[C@@H](Cc1cccc(O)c1)C(=O)N1CCCC(C(=O)O)N1. The summed E-state index contributed by atoms with van der Waals surface area (Å²) < 4.78 is 0. The number of phenols is 1. The van der Waals surface area contributed by atoms with E-state index in [9.17, 15) is 29.4 Å². The number of carboxylic acid groups (broad SMARTS) is 1. The van der Waals surface area contributed by atoms with Crippen LogP contribution in [0.5, 0.6) is 5.75 Å². The fraction of sp³-hybridized carbons (Fsp3) is 0.500. The minimum Gasteiger partial charge on any atom is -0.508 e. The second-order valence-corrected chi connectivity index (χ2v) is 7.59. The lowest BCUT2D eigenvalue weighted by Crippen LogP contribution is -2.61.